The maximum absolute atomic E-state index is 13.0. The molecule has 0 heterocycles. The molecule has 128 valence electrons. The third-order valence-corrected chi connectivity index (χ3v) is 5.27. The molecule has 0 aromatic heterocycles. The Morgan fingerprint density at radius 1 is 1.04 bits per heavy atom. The summed E-state index contributed by atoms with van der Waals surface area (Å²) in [6, 6.07) is 10.7. The van der Waals surface area contributed by atoms with E-state index in [4.69, 9.17) is 4.74 Å². The van der Waals surface area contributed by atoms with Gasteiger partial charge < -0.3 is 4.74 Å². The molecule has 0 aliphatic carbocycles. The average Bonchev–Trinajstić information content (AvgIpc) is 2.57. The SMILES string of the molecule is CCOC(=O)c1ccc(S(=O)(=O)N(CC)c2ccc(F)cc2)cc1. The maximum atomic E-state index is 13.0. The summed E-state index contributed by atoms with van der Waals surface area (Å²) in [5, 5.41) is 0. The van der Waals surface area contributed by atoms with Gasteiger partial charge in [-0.2, -0.15) is 0 Å². The summed E-state index contributed by atoms with van der Waals surface area (Å²) in [6.45, 7) is 3.81. The Bertz CT molecular complexity index is 801. The lowest BCUT2D eigenvalue weighted by Gasteiger charge is -2.23. The topological polar surface area (TPSA) is 63.7 Å². The van der Waals surface area contributed by atoms with Gasteiger partial charge in [-0.05, 0) is 62.4 Å². The molecule has 0 spiro atoms. The summed E-state index contributed by atoms with van der Waals surface area (Å²) in [7, 11) is -3.81. The van der Waals surface area contributed by atoms with Crippen LogP contribution in [0, 0.1) is 5.82 Å². The molecule has 2 aromatic carbocycles. The van der Waals surface area contributed by atoms with E-state index in [1.54, 1.807) is 13.8 Å². The van der Waals surface area contributed by atoms with Crippen LogP contribution in [-0.2, 0) is 14.8 Å². The number of esters is 1. The number of nitrogens with zero attached hydrogens (tertiary/aromatic N) is 1. The van der Waals surface area contributed by atoms with Crippen LogP contribution < -0.4 is 4.31 Å². The van der Waals surface area contributed by atoms with Crippen molar-refractivity contribution in [3.05, 3.63) is 59.9 Å². The van der Waals surface area contributed by atoms with Crippen LogP contribution in [0.25, 0.3) is 0 Å². The first-order chi connectivity index (χ1) is 11.4. The Balaban J connectivity index is 2.34. The third-order valence-electron chi connectivity index (χ3n) is 3.36. The van der Waals surface area contributed by atoms with E-state index in [1.807, 2.05) is 0 Å². The fraction of sp³-hybridized carbons (Fsp3) is 0.235. The minimum Gasteiger partial charge on any atom is -0.462 e. The third kappa shape index (κ3) is 3.73. The van der Waals surface area contributed by atoms with Gasteiger partial charge in [0.15, 0.2) is 0 Å². The first-order valence-electron chi connectivity index (χ1n) is 7.45. The number of rotatable bonds is 6. The Hall–Kier alpha value is -2.41. The standard InChI is InChI=1S/C17H18FNO4S/c1-3-19(15-9-7-14(18)8-10-15)24(21,22)16-11-5-13(6-12-16)17(20)23-4-2/h5-12H,3-4H2,1-2H3. The molecule has 0 N–H and O–H groups in total. The zero-order valence-electron chi connectivity index (χ0n) is 13.4. The van der Waals surface area contributed by atoms with Crippen LogP contribution in [-0.4, -0.2) is 27.5 Å². The van der Waals surface area contributed by atoms with Crippen LogP contribution in [0.15, 0.2) is 53.4 Å². The van der Waals surface area contributed by atoms with Crippen molar-refractivity contribution in [2.45, 2.75) is 18.7 Å². The van der Waals surface area contributed by atoms with E-state index in [9.17, 15) is 17.6 Å². The molecule has 0 aliphatic rings. The predicted octanol–water partition coefficient (Wildman–Crippen LogP) is 3.22. The summed E-state index contributed by atoms with van der Waals surface area (Å²) in [5.41, 5.74) is 0.647. The number of carbonyl (C=O) groups is 1. The Morgan fingerprint density at radius 3 is 2.12 bits per heavy atom. The van der Waals surface area contributed by atoms with Gasteiger partial charge in [0.2, 0.25) is 0 Å². The molecule has 0 saturated heterocycles. The van der Waals surface area contributed by atoms with Gasteiger partial charge in [-0.15, -0.1) is 0 Å². The highest BCUT2D eigenvalue weighted by molar-refractivity contribution is 7.92. The molecule has 0 unspecified atom stereocenters. The Labute approximate surface area is 140 Å². The van der Waals surface area contributed by atoms with Crippen LogP contribution >= 0.6 is 0 Å². The van der Waals surface area contributed by atoms with Crippen molar-refractivity contribution in [3.63, 3.8) is 0 Å². The van der Waals surface area contributed by atoms with E-state index in [0.717, 1.165) is 0 Å². The van der Waals surface area contributed by atoms with E-state index in [1.165, 1.54) is 52.8 Å². The number of halogens is 1. The molecule has 24 heavy (non-hydrogen) atoms. The lowest BCUT2D eigenvalue weighted by atomic mass is 10.2. The van der Waals surface area contributed by atoms with Crippen molar-refractivity contribution >= 4 is 21.7 Å². The summed E-state index contributed by atoms with van der Waals surface area (Å²) >= 11 is 0. The van der Waals surface area contributed by atoms with Gasteiger partial charge in [-0.25, -0.2) is 17.6 Å². The molecule has 0 saturated carbocycles. The number of benzene rings is 2. The highest BCUT2D eigenvalue weighted by atomic mass is 32.2. The van der Waals surface area contributed by atoms with Crippen molar-refractivity contribution in [3.8, 4) is 0 Å². The molecule has 0 fully saturated rings. The van der Waals surface area contributed by atoms with Gasteiger partial charge in [0.05, 0.1) is 22.8 Å². The first-order valence-corrected chi connectivity index (χ1v) is 8.89. The number of carbonyl (C=O) groups excluding carboxylic acids is 1. The number of sulfonamides is 1. The lowest BCUT2D eigenvalue weighted by molar-refractivity contribution is 0.0526. The number of ether oxygens (including phenoxy) is 1. The fourth-order valence-electron chi connectivity index (χ4n) is 2.20. The summed E-state index contributed by atoms with van der Waals surface area (Å²) < 4.78 is 44.6. The molecule has 7 heteroatoms. The molecule has 2 aromatic rings. The van der Waals surface area contributed by atoms with Gasteiger partial charge in [-0.3, -0.25) is 4.31 Å². The Morgan fingerprint density at radius 2 is 1.62 bits per heavy atom. The van der Waals surface area contributed by atoms with E-state index in [0.29, 0.717) is 5.69 Å². The predicted molar refractivity (Wildman–Crippen MR) is 89.0 cm³/mol. The minimum atomic E-state index is -3.81. The van der Waals surface area contributed by atoms with E-state index < -0.39 is 21.8 Å². The van der Waals surface area contributed by atoms with Crippen LogP contribution in [0.4, 0.5) is 10.1 Å². The van der Waals surface area contributed by atoms with Gasteiger partial charge >= 0.3 is 5.97 Å². The second-order valence-corrected chi connectivity index (χ2v) is 6.75. The van der Waals surface area contributed by atoms with Crippen molar-refractivity contribution in [1.29, 1.82) is 0 Å². The van der Waals surface area contributed by atoms with Crippen molar-refractivity contribution < 1.29 is 22.3 Å². The zero-order valence-corrected chi connectivity index (χ0v) is 14.2. The highest BCUT2D eigenvalue weighted by Gasteiger charge is 2.24. The van der Waals surface area contributed by atoms with Gasteiger partial charge in [0.25, 0.3) is 10.0 Å². The van der Waals surface area contributed by atoms with Crippen molar-refractivity contribution in [2.75, 3.05) is 17.5 Å². The van der Waals surface area contributed by atoms with E-state index >= 15 is 0 Å². The molecular formula is C17H18FNO4S. The van der Waals surface area contributed by atoms with Crippen molar-refractivity contribution in [2.24, 2.45) is 0 Å². The minimum absolute atomic E-state index is 0.0433. The summed E-state index contributed by atoms with van der Waals surface area (Å²) in [4.78, 5) is 11.7. The summed E-state index contributed by atoms with van der Waals surface area (Å²) in [6.07, 6.45) is 0. The lowest BCUT2D eigenvalue weighted by Crippen LogP contribution is -2.30. The number of hydrogen-bond donors (Lipinski definition) is 0. The van der Waals surface area contributed by atoms with Crippen LogP contribution in [0.2, 0.25) is 0 Å². The van der Waals surface area contributed by atoms with Gasteiger partial charge in [0.1, 0.15) is 5.82 Å². The van der Waals surface area contributed by atoms with Gasteiger partial charge in [0, 0.05) is 6.54 Å². The molecule has 0 atom stereocenters. The quantitative estimate of drug-likeness (QED) is 0.750. The summed E-state index contributed by atoms with van der Waals surface area (Å²) in [5.74, 6) is -0.946. The zero-order chi connectivity index (χ0) is 17.7. The highest BCUT2D eigenvalue weighted by Crippen LogP contribution is 2.24. The van der Waals surface area contributed by atoms with Crippen LogP contribution in [0.3, 0.4) is 0 Å². The normalized spacial score (nSPS) is 11.1. The molecule has 0 aliphatic heterocycles. The molecule has 0 amide bonds. The van der Waals surface area contributed by atoms with E-state index in [2.05, 4.69) is 0 Å². The van der Waals surface area contributed by atoms with Crippen LogP contribution in [0.5, 0.6) is 0 Å². The Kier molecular flexibility index (Phi) is 5.56. The maximum Gasteiger partial charge on any atom is 0.338 e. The molecule has 5 nitrogen and oxygen atoms in total. The van der Waals surface area contributed by atoms with Crippen molar-refractivity contribution in [1.82, 2.24) is 0 Å². The fourth-order valence-corrected chi connectivity index (χ4v) is 3.68. The molecule has 2 rings (SSSR count). The average molecular weight is 351 g/mol. The van der Waals surface area contributed by atoms with Gasteiger partial charge in [-0.1, -0.05) is 0 Å². The van der Waals surface area contributed by atoms with E-state index in [-0.39, 0.29) is 23.6 Å². The number of hydrogen-bond acceptors (Lipinski definition) is 4. The smallest absolute Gasteiger partial charge is 0.338 e. The second kappa shape index (κ2) is 7.44. The first kappa shape index (κ1) is 17.9. The number of anilines is 1. The molecule has 0 bridgehead atoms. The monoisotopic (exact) mass is 351 g/mol. The largest absolute Gasteiger partial charge is 0.462 e. The molecular weight excluding hydrogens is 333 g/mol. The van der Waals surface area contributed by atoms with Crippen LogP contribution in [0.1, 0.15) is 24.2 Å². The molecule has 0 radical (unpaired) electrons. The second-order valence-electron chi connectivity index (χ2n) is 4.89.